The summed E-state index contributed by atoms with van der Waals surface area (Å²) < 4.78 is 14.2. The van der Waals surface area contributed by atoms with Gasteiger partial charge in [-0.25, -0.2) is 0 Å². The fourth-order valence-electron chi connectivity index (χ4n) is 1.78. The van der Waals surface area contributed by atoms with Crippen LogP contribution in [0.4, 0.5) is 5.82 Å². The molecule has 0 saturated heterocycles. The summed E-state index contributed by atoms with van der Waals surface area (Å²) in [7, 11) is 0. The van der Waals surface area contributed by atoms with Gasteiger partial charge in [-0.05, 0) is 19.1 Å². The van der Waals surface area contributed by atoms with E-state index in [9.17, 15) is 0 Å². The Morgan fingerprint density at radius 3 is 3.06 bits per heavy atom. The molecule has 2 aromatic heterocycles. The van der Waals surface area contributed by atoms with Gasteiger partial charge >= 0.3 is 0 Å². The average molecular weight is 280 g/mol. The summed E-state index contributed by atoms with van der Waals surface area (Å²) in [5, 5.41) is 4.73. The van der Waals surface area contributed by atoms with Gasteiger partial charge < -0.3 is 9.73 Å². The number of furan rings is 1. The minimum atomic E-state index is 0.604. The molecule has 1 aromatic carbocycles. The van der Waals surface area contributed by atoms with Gasteiger partial charge in [0.1, 0.15) is 0 Å². The monoisotopic (exact) mass is 279 g/mol. The first-order chi connectivity index (χ1) is 8.79. The highest BCUT2D eigenvalue weighted by Crippen LogP contribution is 2.34. The summed E-state index contributed by atoms with van der Waals surface area (Å²) in [5.74, 6) is 1.43. The topological polar surface area (TPSA) is 51.0 Å². The van der Waals surface area contributed by atoms with Crippen molar-refractivity contribution in [3.05, 3.63) is 29.3 Å². The number of hydrogen-bond donors (Lipinski definition) is 1. The summed E-state index contributed by atoms with van der Waals surface area (Å²) >= 11 is 7.25. The Labute approximate surface area is 113 Å². The third kappa shape index (κ3) is 1.85. The summed E-state index contributed by atoms with van der Waals surface area (Å²) in [6, 6.07) is 7.59. The van der Waals surface area contributed by atoms with E-state index < -0.39 is 0 Å². The number of hydrogen-bond acceptors (Lipinski definition) is 5. The van der Waals surface area contributed by atoms with Gasteiger partial charge in [-0.3, -0.25) is 0 Å². The van der Waals surface area contributed by atoms with Crippen molar-refractivity contribution in [3.8, 4) is 11.5 Å². The largest absolute Gasteiger partial charge is 0.453 e. The molecule has 0 amide bonds. The molecule has 1 N–H and O–H groups in total. The molecule has 18 heavy (non-hydrogen) atoms. The highest BCUT2D eigenvalue weighted by molar-refractivity contribution is 6.99. The zero-order valence-corrected chi connectivity index (χ0v) is 11.2. The van der Waals surface area contributed by atoms with Crippen molar-refractivity contribution in [2.24, 2.45) is 0 Å². The van der Waals surface area contributed by atoms with Crippen molar-refractivity contribution in [1.82, 2.24) is 8.75 Å². The van der Waals surface area contributed by atoms with Gasteiger partial charge in [0, 0.05) is 11.9 Å². The smallest absolute Gasteiger partial charge is 0.171 e. The van der Waals surface area contributed by atoms with Crippen LogP contribution in [0.25, 0.3) is 22.4 Å². The number of nitrogens with zero attached hydrogens (tertiary/aromatic N) is 2. The minimum Gasteiger partial charge on any atom is -0.453 e. The fourth-order valence-corrected chi connectivity index (χ4v) is 2.53. The van der Waals surface area contributed by atoms with Crippen LogP contribution in [-0.4, -0.2) is 15.3 Å². The maximum absolute atomic E-state index is 6.09. The zero-order valence-electron chi connectivity index (χ0n) is 9.61. The van der Waals surface area contributed by atoms with E-state index in [1.807, 2.05) is 31.2 Å². The van der Waals surface area contributed by atoms with Crippen LogP contribution in [0.1, 0.15) is 6.92 Å². The van der Waals surface area contributed by atoms with Crippen molar-refractivity contribution in [3.63, 3.8) is 0 Å². The van der Waals surface area contributed by atoms with E-state index in [1.165, 1.54) is 0 Å². The fraction of sp³-hybridized carbons (Fsp3) is 0.167. The Morgan fingerprint density at radius 2 is 2.28 bits per heavy atom. The van der Waals surface area contributed by atoms with E-state index in [0.29, 0.717) is 16.4 Å². The molecule has 0 spiro atoms. The van der Waals surface area contributed by atoms with Crippen LogP contribution < -0.4 is 5.32 Å². The molecular weight excluding hydrogens is 270 g/mol. The average Bonchev–Trinajstić information content (AvgIpc) is 2.95. The second-order valence-corrected chi connectivity index (χ2v) is 4.70. The van der Waals surface area contributed by atoms with Gasteiger partial charge in [0.05, 0.1) is 16.8 Å². The molecule has 0 radical (unpaired) electrons. The second kappa shape index (κ2) is 4.59. The Hall–Kier alpha value is -1.59. The maximum Gasteiger partial charge on any atom is 0.171 e. The lowest BCUT2D eigenvalue weighted by atomic mass is 10.2. The number of rotatable bonds is 3. The van der Waals surface area contributed by atoms with E-state index >= 15 is 0 Å². The molecule has 0 saturated carbocycles. The van der Waals surface area contributed by atoms with Crippen LogP contribution in [0, 0.1) is 0 Å². The SMILES string of the molecule is CCNc1nsnc1-c1cc2cccc(Cl)c2o1. The van der Waals surface area contributed by atoms with Crippen LogP contribution in [0.2, 0.25) is 5.02 Å². The van der Waals surface area contributed by atoms with Crippen molar-refractivity contribution in [2.45, 2.75) is 6.92 Å². The van der Waals surface area contributed by atoms with Crippen molar-refractivity contribution in [1.29, 1.82) is 0 Å². The highest BCUT2D eigenvalue weighted by Gasteiger charge is 2.15. The normalized spacial score (nSPS) is 11.0. The molecule has 0 aliphatic rings. The maximum atomic E-state index is 6.09. The Kier molecular flexibility index (Phi) is 2.93. The lowest BCUT2D eigenvalue weighted by Gasteiger charge is -1.98. The van der Waals surface area contributed by atoms with Crippen molar-refractivity contribution >= 4 is 40.1 Å². The summed E-state index contributed by atoms with van der Waals surface area (Å²) in [4.78, 5) is 0. The molecule has 0 bridgehead atoms. The molecule has 0 aliphatic carbocycles. The van der Waals surface area contributed by atoms with Gasteiger partial charge in [-0.15, -0.1) is 0 Å². The minimum absolute atomic E-state index is 0.604. The number of fused-ring (bicyclic) bond motifs is 1. The molecular formula is C12H10ClN3OS. The quantitative estimate of drug-likeness (QED) is 0.786. The van der Waals surface area contributed by atoms with E-state index in [-0.39, 0.29) is 0 Å². The summed E-state index contributed by atoms with van der Waals surface area (Å²) in [6.45, 7) is 2.80. The lowest BCUT2D eigenvalue weighted by molar-refractivity contribution is 0.630. The van der Waals surface area contributed by atoms with Crippen LogP contribution >= 0.6 is 23.3 Å². The lowest BCUT2D eigenvalue weighted by Crippen LogP contribution is -1.97. The molecule has 0 unspecified atom stereocenters. The molecule has 3 aromatic rings. The van der Waals surface area contributed by atoms with Gasteiger partial charge in [0.25, 0.3) is 0 Å². The highest BCUT2D eigenvalue weighted by atomic mass is 35.5. The zero-order chi connectivity index (χ0) is 12.5. The van der Waals surface area contributed by atoms with Crippen LogP contribution in [0.5, 0.6) is 0 Å². The molecule has 92 valence electrons. The predicted molar refractivity (Wildman–Crippen MR) is 74.3 cm³/mol. The molecule has 2 heterocycles. The Morgan fingerprint density at radius 1 is 1.39 bits per heavy atom. The molecule has 0 atom stereocenters. The van der Waals surface area contributed by atoms with Crippen molar-refractivity contribution < 1.29 is 4.42 Å². The third-order valence-electron chi connectivity index (χ3n) is 2.56. The van der Waals surface area contributed by atoms with Crippen LogP contribution in [0.3, 0.4) is 0 Å². The summed E-state index contributed by atoms with van der Waals surface area (Å²) in [6.07, 6.45) is 0. The number of anilines is 1. The Balaban J connectivity index is 2.14. The van der Waals surface area contributed by atoms with E-state index in [1.54, 1.807) is 0 Å². The van der Waals surface area contributed by atoms with E-state index in [2.05, 4.69) is 14.1 Å². The van der Waals surface area contributed by atoms with Gasteiger partial charge in [-0.2, -0.15) is 8.75 Å². The molecule has 3 rings (SSSR count). The molecule has 0 fully saturated rings. The first-order valence-corrected chi connectivity index (χ1v) is 6.65. The van der Waals surface area contributed by atoms with Crippen LogP contribution in [0.15, 0.2) is 28.7 Å². The summed E-state index contributed by atoms with van der Waals surface area (Å²) in [5.41, 5.74) is 1.42. The standard InChI is InChI=1S/C12H10ClN3OS/c1-2-14-12-10(15-18-16-12)9-6-7-4-3-5-8(13)11(7)17-9/h3-6H,2H2,1H3,(H,14,16). The van der Waals surface area contributed by atoms with E-state index in [4.69, 9.17) is 16.0 Å². The first kappa shape index (κ1) is 11.5. The van der Waals surface area contributed by atoms with Gasteiger partial charge in [-0.1, -0.05) is 23.7 Å². The van der Waals surface area contributed by atoms with Crippen LogP contribution in [-0.2, 0) is 0 Å². The van der Waals surface area contributed by atoms with Crippen molar-refractivity contribution in [2.75, 3.05) is 11.9 Å². The number of aromatic nitrogens is 2. The van der Waals surface area contributed by atoms with Gasteiger partial charge in [0.2, 0.25) is 0 Å². The third-order valence-corrected chi connectivity index (χ3v) is 3.39. The predicted octanol–water partition coefficient (Wildman–Crippen LogP) is 4.04. The first-order valence-electron chi connectivity index (χ1n) is 5.54. The Bertz CT molecular complexity index is 692. The van der Waals surface area contributed by atoms with Gasteiger partial charge in [0.15, 0.2) is 22.9 Å². The number of para-hydroxylation sites is 1. The number of benzene rings is 1. The molecule has 6 heteroatoms. The number of nitrogens with one attached hydrogen (secondary N) is 1. The second-order valence-electron chi connectivity index (χ2n) is 3.76. The number of halogens is 1. The van der Waals surface area contributed by atoms with E-state index in [0.717, 1.165) is 35.2 Å². The molecule has 4 nitrogen and oxygen atoms in total. The molecule has 0 aliphatic heterocycles.